The van der Waals surface area contributed by atoms with Crippen LogP contribution >= 0.6 is 12.4 Å². The van der Waals surface area contributed by atoms with Crippen LogP contribution < -0.4 is 4.74 Å². The Hall–Kier alpha value is -2.26. The minimum atomic E-state index is -0.932. The molecule has 0 aliphatic heterocycles. The van der Waals surface area contributed by atoms with Gasteiger partial charge in [-0.25, -0.2) is 4.79 Å². The van der Waals surface area contributed by atoms with Crippen LogP contribution in [0.2, 0.25) is 0 Å². The summed E-state index contributed by atoms with van der Waals surface area (Å²) < 4.78 is 5.53. The van der Waals surface area contributed by atoms with E-state index < -0.39 is 5.97 Å². The van der Waals surface area contributed by atoms with Gasteiger partial charge in [-0.05, 0) is 74.9 Å². The van der Waals surface area contributed by atoms with Gasteiger partial charge in [-0.1, -0.05) is 36.0 Å². The van der Waals surface area contributed by atoms with Gasteiger partial charge in [-0.15, -0.1) is 12.4 Å². The molecule has 0 heterocycles. The molecule has 0 fully saturated rings. The summed E-state index contributed by atoms with van der Waals surface area (Å²) in [4.78, 5) is 10.6. The zero-order valence-electron chi connectivity index (χ0n) is 16.6. The number of carboxylic acid groups (broad SMARTS) is 1. The molecular formula is C22H29ClO3. The van der Waals surface area contributed by atoms with Gasteiger partial charge in [0.1, 0.15) is 5.75 Å². The van der Waals surface area contributed by atoms with E-state index in [0.717, 1.165) is 11.3 Å². The molecule has 0 atom stereocenters. The minimum absolute atomic E-state index is 0. The van der Waals surface area contributed by atoms with E-state index in [9.17, 15) is 4.79 Å². The van der Waals surface area contributed by atoms with Gasteiger partial charge < -0.3 is 9.84 Å². The molecule has 1 aromatic carbocycles. The van der Waals surface area contributed by atoms with Crippen LogP contribution in [0.25, 0.3) is 6.08 Å². The molecule has 4 heteroatoms. The predicted octanol–water partition coefficient (Wildman–Crippen LogP) is 5.90. The van der Waals surface area contributed by atoms with Crippen LogP contribution in [-0.2, 0) is 4.79 Å². The number of carbonyl (C=O) groups is 1. The number of halogens is 1. The van der Waals surface area contributed by atoms with E-state index in [1.165, 1.54) is 33.9 Å². The molecule has 3 nitrogen and oxygen atoms in total. The molecule has 1 rings (SSSR count). The highest BCUT2D eigenvalue weighted by Gasteiger charge is 2.13. The van der Waals surface area contributed by atoms with Gasteiger partial charge in [0.25, 0.3) is 0 Å². The summed E-state index contributed by atoms with van der Waals surface area (Å²) in [5.41, 5.74) is 7.79. The fourth-order valence-electron chi connectivity index (χ4n) is 2.73. The molecule has 0 aliphatic carbocycles. The van der Waals surface area contributed by atoms with Gasteiger partial charge in [0.2, 0.25) is 0 Å². The Labute approximate surface area is 163 Å². The van der Waals surface area contributed by atoms with Crippen molar-refractivity contribution in [2.45, 2.75) is 41.5 Å². The monoisotopic (exact) mass is 376 g/mol. The van der Waals surface area contributed by atoms with E-state index >= 15 is 0 Å². The molecule has 0 bridgehead atoms. The number of methoxy groups -OCH3 is 1. The third kappa shape index (κ3) is 6.23. The standard InChI is InChI=1S/C22H28O3.ClH/c1-14(9-8-10-15(2)13-21(23)24)11-12-20-16(3)18(5)22(25-7)19(6)17(20)4;/h8-13H,1-7H3,(H,23,24);1H. The number of allylic oxidation sites excluding steroid dienone is 6. The van der Waals surface area contributed by atoms with Gasteiger partial charge in [-0.3, -0.25) is 0 Å². The number of hydrogen-bond donors (Lipinski definition) is 1. The first kappa shape index (κ1) is 23.7. The summed E-state index contributed by atoms with van der Waals surface area (Å²) in [6.45, 7) is 12.2. The number of hydrogen-bond acceptors (Lipinski definition) is 2. The smallest absolute Gasteiger partial charge is 0.328 e. The molecule has 0 saturated heterocycles. The first-order chi connectivity index (χ1) is 11.7. The van der Waals surface area contributed by atoms with Crippen molar-refractivity contribution in [3.8, 4) is 5.75 Å². The average molecular weight is 377 g/mol. The molecule has 0 amide bonds. The van der Waals surface area contributed by atoms with Crippen LogP contribution in [0.15, 0.2) is 41.5 Å². The molecule has 0 aliphatic rings. The molecule has 0 radical (unpaired) electrons. The summed E-state index contributed by atoms with van der Waals surface area (Å²) in [5, 5.41) is 8.69. The van der Waals surface area contributed by atoms with Crippen LogP contribution in [0.3, 0.4) is 0 Å². The predicted molar refractivity (Wildman–Crippen MR) is 113 cm³/mol. The summed E-state index contributed by atoms with van der Waals surface area (Å²) in [6, 6.07) is 0. The number of benzene rings is 1. The quantitative estimate of drug-likeness (QED) is 0.496. The number of aliphatic carboxylic acids is 1. The molecule has 142 valence electrons. The van der Waals surface area contributed by atoms with E-state index in [1.54, 1.807) is 20.1 Å². The van der Waals surface area contributed by atoms with Crippen molar-refractivity contribution in [1.29, 1.82) is 0 Å². The zero-order valence-corrected chi connectivity index (χ0v) is 17.5. The topological polar surface area (TPSA) is 46.5 Å². The normalized spacial score (nSPS) is 12.6. The Kier molecular flexibility index (Phi) is 9.74. The SMILES string of the molecule is COc1c(C)c(C)c(C=CC(C)=CC=CC(C)=CC(=O)O)c(C)c1C.Cl. The molecule has 26 heavy (non-hydrogen) atoms. The van der Waals surface area contributed by atoms with Crippen LogP contribution in [0.1, 0.15) is 41.7 Å². The largest absolute Gasteiger partial charge is 0.496 e. The highest BCUT2D eigenvalue weighted by atomic mass is 35.5. The van der Waals surface area contributed by atoms with Crippen molar-refractivity contribution in [2.75, 3.05) is 7.11 Å². The lowest BCUT2D eigenvalue weighted by molar-refractivity contribution is -0.131. The molecular weight excluding hydrogens is 348 g/mol. The average Bonchev–Trinajstić information content (AvgIpc) is 2.53. The fourth-order valence-corrected chi connectivity index (χ4v) is 2.73. The highest BCUT2D eigenvalue weighted by Crippen LogP contribution is 2.33. The lowest BCUT2D eigenvalue weighted by Crippen LogP contribution is -2.00. The van der Waals surface area contributed by atoms with Gasteiger partial charge >= 0.3 is 5.97 Å². The summed E-state index contributed by atoms with van der Waals surface area (Å²) in [6.07, 6.45) is 11.0. The van der Waals surface area contributed by atoms with E-state index in [1.807, 2.05) is 19.1 Å². The summed E-state index contributed by atoms with van der Waals surface area (Å²) in [7, 11) is 1.71. The third-order valence-corrected chi connectivity index (χ3v) is 4.40. The van der Waals surface area contributed by atoms with E-state index in [-0.39, 0.29) is 12.4 Å². The Morgan fingerprint density at radius 3 is 1.92 bits per heavy atom. The van der Waals surface area contributed by atoms with Crippen LogP contribution in [0.5, 0.6) is 5.75 Å². The van der Waals surface area contributed by atoms with Crippen molar-refractivity contribution >= 4 is 24.5 Å². The van der Waals surface area contributed by atoms with Crippen molar-refractivity contribution in [3.05, 3.63) is 69.3 Å². The molecule has 0 unspecified atom stereocenters. The van der Waals surface area contributed by atoms with Crippen molar-refractivity contribution in [3.63, 3.8) is 0 Å². The molecule has 1 aromatic rings. The minimum Gasteiger partial charge on any atom is -0.496 e. The van der Waals surface area contributed by atoms with Gasteiger partial charge in [0.15, 0.2) is 0 Å². The first-order valence-corrected chi connectivity index (χ1v) is 8.27. The Morgan fingerprint density at radius 2 is 1.46 bits per heavy atom. The second-order valence-corrected chi connectivity index (χ2v) is 6.28. The summed E-state index contributed by atoms with van der Waals surface area (Å²) >= 11 is 0. The highest BCUT2D eigenvalue weighted by molar-refractivity contribution is 5.85. The second-order valence-electron chi connectivity index (χ2n) is 6.28. The van der Waals surface area contributed by atoms with E-state index in [2.05, 4.69) is 39.8 Å². The van der Waals surface area contributed by atoms with Crippen molar-refractivity contribution < 1.29 is 14.6 Å². The van der Waals surface area contributed by atoms with Gasteiger partial charge in [0.05, 0.1) is 7.11 Å². The van der Waals surface area contributed by atoms with Crippen LogP contribution in [-0.4, -0.2) is 18.2 Å². The molecule has 1 N–H and O–H groups in total. The van der Waals surface area contributed by atoms with Crippen molar-refractivity contribution in [1.82, 2.24) is 0 Å². The number of rotatable bonds is 6. The maximum Gasteiger partial charge on any atom is 0.328 e. The fraction of sp³-hybridized carbons (Fsp3) is 0.318. The van der Waals surface area contributed by atoms with Gasteiger partial charge in [-0.2, -0.15) is 0 Å². The Bertz CT molecular complexity index is 752. The number of ether oxygens (including phenoxy) is 1. The molecule has 0 spiro atoms. The second kappa shape index (κ2) is 10.7. The lowest BCUT2D eigenvalue weighted by Gasteiger charge is -2.17. The first-order valence-electron chi connectivity index (χ1n) is 8.27. The van der Waals surface area contributed by atoms with Gasteiger partial charge in [0, 0.05) is 6.08 Å². The summed E-state index contributed by atoms with van der Waals surface area (Å²) in [5.74, 6) is 0.0296. The van der Waals surface area contributed by atoms with E-state index in [4.69, 9.17) is 9.84 Å². The van der Waals surface area contributed by atoms with Crippen molar-refractivity contribution in [2.24, 2.45) is 0 Å². The van der Waals surface area contributed by atoms with E-state index in [0.29, 0.717) is 5.57 Å². The molecule has 0 aromatic heterocycles. The Balaban J connectivity index is 0.00000625. The molecule has 0 saturated carbocycles. The zero-order chi connectivity index (χ0) is 19.1. The maximum atomic E-state index is 10.6. The van der Waals surface area contributed by atoms with Crippen LogP contribution in [0.4, 0.5) is 0 Å². The number of carboxylic acids is 1. The van der Waals surface area contributed by atoms with Crippen LogP contribution in [0, 0.1) is 27.7 Å². The Morgan fingerprint density at radius 1 is 0.923 bits per heavy atom. The third-order valence-electron chi connectivity index (χ3n) is 4.40. The lowest BCUT2D eigenvalue weighted by atomic mass is 9.92. The maximum absolute atomic E-state index is 10.6.